The highest BCUT2D eigenvalue weighted by Crippen LogP contribution is 2.34. The summed E-state index contributed by atoms with van der Waals surface area (Å²) >= 11 is 0. The molecule has 0 saturated carbocycles. The maximum atomic E-state index is 14.0. The quantitative estimate of drug-likeness (QED) is 0.113. The molecule has 4 rings (SSSR count). The first-order valence-electron chi connectivity index (χ1n) is 17.1. The second-order valence-corrected chi connectivity index (χ2v) is 12.5. The fourth-order valence-corrected chi connectivity index (χ4v) is 6.15. The topological polar surface area (TPSA) is 169 Å². The summed E-state index contributed by atoms with van der Waals surface area (Å²) < 4.78 is 3.62. The second-order valence-electron chi connectivity index (χ2n) is 12.5. The highest BCUT2D eigenvalue weighted by atomic mass is 16.3. The zero-order valence-electron chi connectivity index (χ0n) is 28.2. The highest BCUT2D eigenvalue weighted by Gasteiger charge is 2.23. The molecule has 3 heterocycles. The lowest BCUT2D eigenvalue weighted by Crippen LogP contribution is -2.18. The van der Waals surface area contributed by atoms with Crippen LogP contribution < -0.4 is 5.56 Å². The van der Waals surface area contributed by atoms with Gasteiger partial charge >= 0.3 is 0 Å². The lowest BCUT2D eigenvalue weighted by atomic mass is 10.0. The maximum Gasteiger partial charge on any atom is 0.270 e. The number of fused-ring (bicyclic) bond motifs is 2. The number of aromatic nitrogens is 5. The molecule has 256 valence electrons. The number of unbranched alkanes of at least 4 members (excludes halogenated alkanes) is 2. The molecule has 0 radical (unpaired) electrons. The van der Waals surface area contributed by atoms with Gasteiger partial charge in [-0.15, -0.1) is 0 Å². The summed E-state index contributed by atoms with van der Waals surface area (Å²) in [6.45, 7) is 8.85. The van der Waals surface area contributed by atoms with Gasteiger partial charge in [0.2, 0.25) is 17.6 Å². The molecule has 1 aliphatic heterocycles. The number of hydrogen-bond acceptors (Lipinski definition) is 7. The van der Waals surface area contributed by atoms with Crippen molar-refractivity contribution in [3.63, 3.8) is 0 Å². The molecule has 0 aliphatic carbocycles. The Hall–Kier alpha value is -4.25. The number of para-hydroxylation sites is 1. The van der Waals surface area contributed by atoms with E-state index in [1.54, 1.807) is 4.57 Å². The number of aryl methyl sites for hydroxylation is 2. The molecule has 0 spiro atoms. The molecule has 6 N–H and O–H groups in total. The number of Topliss-reactive ketones (excluding diaryl/α,β-unsaturated/α-hetero) is 1. The lowest BCUT2D eigenvalue weighted by molar-refractivity contribution is -0.118. The monoisotopic (exact) mass is 649 g/mol. The summed E-state index contributed by atoms with van der Waals surface area (Å²) in [5.74, 6) is -1.11. The third-order valence-corrected chi connectivity index (χ3v) is 9.11. The van der Waals surface area contributed by atoms with Gasteiger partial charge in [0.15, 0.2) is 0 Å². The van der Waals surface area contributed by atoms with Gasteiger partial charge in [0.1, 0.15) is 23.3 Å². The van der Waals surface area contributed by atoms with Crippen LogP contribution in [0.4, 0.5) is 0 Å². The Morgan fingerprint density at radius 1 is 1.02 bits per heavy atom. The molecule has 47 heavy (non-hydrogen) atoms. The van der Waals surface area contributed by atoms with E-state index in [1.807, 2.05) is 55.8 Å². The van der Waals surface area contributed by atoms with Crippen LogP contribution in [-0.2, 0) is 30.7 Å². The molecule has 0 fully saturated rings. The number of H-pyrrole nitrogens is 2. The first kappa shape index (κ1) is 35.6. The van der Waals surface area contributed by atoms with Gasteiger partial charge in [-0.2, -0.15) is 0 Å². The summed E-state index contributed by atoms with van der Waals surface area (Å²) in [6.07, 6.45) is 6.84. The zero-order chi connectivity index (χ0) is 34.1. The van der Waals surface area contributed by atoms with Crippen LogP contribution in [0.25, 0.3) is 10.9 Å². The predicted octanol–water partition coefficient (Wildman–Crippen LogP) is 6.64. The number of rotatable bonds is 13. The molecule has 11 heteroatoms. The van der Waals surface area contributed by atoms with E-state index in [9.17, 15) is 30.0 Å². The van der Waals surface area contributed by atoms with Gasteiger partial charge in [-0.1, -0.05) is 52.3 Å². The Morgan fingerprint density at radius 3 is 2.51 bits per heavy atom. The number of carbonyl (C=O) groups is 1. The van der Waals surface area contributed by atoms with Gasteiger partial charge < -0.3 is 39.5 Å². The van der Waals surface area contributed by atoms with E-state index in [1.165, 1.54) is 0 Å². The largest absolute Gasteiger partial charge is 0.493 e. The molecule has 1 aromatic carbocycles. The molecule has 2 aromatic heterocycles. The smallest absolute Gasteiger partial charge is 0.270 e. The van der Waals surface area contributed by atoms with Crippen molar-refractivity contribution in [2.75, 3.05) is 0 Å². The Morgan fingerprint density at radius 2 is 1.79 bits per heavy atom. The molecule has 1 unspecified atom stereocenters. The van der Waals surface area contributed by atoms with E-state index in [0.717, 1.165) is 30.2 Å². The Kier molecular flexibility index (Phi) is 12.5. The van der Waals surface area contributed by atoms with Gasteiger partial charge in [0, 0.05) is 54.5 Å². The molecule has 0 bridgehead atoms. The van der Waals surface area contributed by atoms with Crippen LogP contribution in [-0.4, -0.2) is 50.3 Å². The number of carbonyl (C=O) groups excluding carboxylic acids is 1. The van der Waals surface area contributed by atoms with Crippen molar-refractivity contribution >= 4 is 16.7 Å². The van der Waals surface area contributed by atoms with Crippen LogP contribution in [0.3, 0.4) is 0 Å². The van der Waals surface area contributed by atoms with Crippen LogP contribution >= 0.6 is 0 Å². The fraction of sp³-hybridized carbons (Fsp3) is 0.528. The van der Waals surface area contributed by atoms with Crippen LogP contribution in [0.1, 0.15) is 126 Å². The number of aliphatic hydroxyl groups is 1. The lowest BCUT2D eigenvalue weighted by Gasteiger charge is -2.22. The van der Waals surface area contributed by atoms with Crippen LogP contribution in [0.15, 0.2) is 35.3 Å². The predicted molar refractivity (Wildman–Crippen MR) is 183 cm³/mol. The summed E-state index contributed by atoms with van der Waals surface area (Å²) in [7, 11) is 0. The van der Waals surface area contributed by atoms with Crippen molar-refractivity contribution in [1.29, 1.82) is 0 Å². The number of nitrogens with one attached hydrogen (secondary N) is 2. The number of nitrogens with zero attached hydrogens (tertiary/aromatic N) is 3. The van der Waals surface area contributed by atoms with Gasteiger partial charge in [-0.05, 0) is 57.4 Å². The minimum absolute atomic E-state index is 0.0134. The molecule has 2 atom stereocenters. The fourth-order valence-electron chi connectivity index (χ4n) is 6.15. The van der Waals surface area contributed by atoms with Crippen molar-refractivity contribution in [1.82, 2.24) is 24.1 Å². The summed E-state index contributed by atoms with van der Waals surface area (Å²) in [5, 5.41) is 47.3. The molecule has 0 saturated heterocycles. The van der Waals surface area contributed by atoms with Gasteiger partial charge in [0.05, 0.1) is 11.4 Å². The molecular formula is C36H51N5O6. The van der Waals surface area contributed by atoms with Crippen LogP contribution in [0.2, 0.25) is 0 Å². The Labute approximate surface area is 276 Å². The first-order chi connectivity index (χ1) is 22.6. The van der Waals surface area contributed by atoms with Crippen molar-refractivity contribution in [2.24, 2.45) is 0 Å². The average molecular weight is 650 g/mol. The molecule has 1 aliphatic rings. The molecule has 3 aromatic rings. The number of aliphatic hydroxyl groups excluding tert-OH is 1. The van der Waals surface area contributed by atoms with E-state index >= 15 is 0 Å². The number of aromatic hydroxyl groups is 3. The Bertz CT molecular complexity index is 1730. The SMILES string of the molecule is CCCn1cc(C(O)c2[nH]c(=O)c(CCCCCC(=O)CC)nc(O)c3n(c(O)c([C@@H](C)CC)[nH]c2O)CCCC3)c2ccccc21. The minimum atomic E-state index is -1.46. The summed E-state index contributed by atoms with van der Waals surface area (Å²) in [4.78, 5) is 35.8. The van der Waals surface area contributed by atoms with E-state index in [0.29, 0.717) is 69.3 Å². The van der Waals surface area contributed by atoms with Gasteiger partial charge in [-0.3, -0.25) is 9.59 Å². The van der Waals surface area contributed by atoms with Crippen LogP contribution in [0, 0.1) is 0 Å². The standard InChI is InChI=1S/C36H51N5O6/c1-5-20-40-22-26(25-16-11-12-18-28(25)40)32(43)31-35(46)38-30(23(4)6-2)36(47)41-21-14-13-19-29(41)34(45)37-27(33(44)39-31)17-10-8-9-15-24(42)7-3/h11-12,16,18,22-23,32,38,43,45-47H,5-10,13-15,17,19-21H2,1-4H3,(H,39,44)/t23-,32?/m0/s1. The van der Waals surface area contributed by atoms with Crippen LogP contribution in [0.5, 0.6) is 17.6 Å². The van der Waals surface area contributed by atoms with Crippen molar-refractivity contribution in [3.8, 4) is 17.6 Å². The molecule has 11 nitrogen and oxygen atoms in total. The number of aromatic amines is 2. The summed E-state index contributed by atoms with van der Waals surface area (Å²) in [5.41, 5.74) is 1.21. The first-order valence-corrected chi connectivity index (χ1v) is 17.1. The van der Waals surface area contributed by atoms with Crippen molar-refractivity contribution in [2.45, 2.75) is 123 Å². The van der Waals surface area contributed by atoms with E-state index in [4.69, 9.17) is 0 Å². The second kappa shape index (κ2) is 16.5. The Balaban J connectivity index is 2.01. The van der Waals surface area contributed by atoms with E-state index in [-0.39, 0.29) is 47.0 Å². The third kappa shape index (κ3) is 8.38. The normalized spacial score (nSPS) is 13.9. The number of hydrogen-bond donors (Lipinski definition) is 6. The highest BCUT2D eigenvalue weighted by molar-refractivity contribution is 5.84. The van der Waals surface area contributed by atoms with Gasteiger partial charge in [-0.25, -0.2) is 4.98 Å². The number of benzene rings is 1. The number of ketones is 1. The minimum Gasteiger partial charge on any atom is -0.493 e. The summed E-state index contributed by atoms with van der Waals surface area (Å²) in [6, 6.07) is 7.63. The zero-order valence-corrected chi connectivity index (χ0v) is 28.2. The molecule has 0 amide bonds. The molecular weight excluding hydrogens is 598 g/mol. The third-order valence-electron chi connectivity index (χ3n) is 9.11. The van der Waals surface area contributed by atoms with E-state index < -0.39 is 17.5 Å². The van der Waals surface area contributed by atoms with Gasteiger partial charge in [0.25, 0.3) is 5.56 Å². The van der Waals surface area contributed by atoms with Crippen molar-refractivity contribution in [3.05, 3.63) is 69.2 Å². The van der Waals surface area contributed by atoms with E-state index in [2.05, 4.69) is 21.9 Å². The average Bonchev–Trinajstić information content (AvgIpc) is 3.45. The van der Waals surface area contributed by atoms with Crippen molar-refractivity contribution < 1.29 is 25.2 Å². The maximum absolute atomic E-state index is 14.0.